The number of benzene rings is 3. The predicted molar refractivity (Wildman–Crippen MR) is 191 cm³/mol. The Morgan fingerprint density at radius 3 is 2.44 bits per heavy atom. The largest absolute Gasteiger partial charge is 0.478 e. The van der Waals surface area contributed by atoms with Gasteiger partial charge in [-0.3, -0.25) is 9.59 Å². The smallest absolute Gasteiger partial charge is 0.248 e. The van der Waals surface area contributed by atoms with Gasteiger partial charge < -0.3 is 25.4 Å². The molecule has 1 fully saturated rings. The normalized spacial score (nSPS) is 20.9. The highest BCUT2D eigenvalue weighted by Gasteiger charge is 2.39. The highest BCUT2D eigenvalue weighted by molar-refractivity contribution is 6.30. The number of ether oxygens (including phenoxy) is 2. The van der Waals surface area contributed by atoms with Crippen LogP contribution in [0.2, 0.25) is 5.02 Å². The molecule has 2 aliphatic rings. The molecule has 0 radical (unpaired) electrons. The van der Waals surface area contributed by atoms with Gasteiger partial charge in [0.2, 0.25) is 11.8 Å². The van der Waals surface area contributed by atoms with Crippen LogP contribution in [0.25, 0.3) is 0 Å². The molecule has 0 aliphatic carbocycles. The Morgan fingerprint density at radius 1 is 1.06 bits per heavy atom. The Balaban J connectivity index is 1.37. The highest BCUT2D eigenvalue weighted by Crippen LogP contribution is 2.33. The molecule has 2 aliphatic heterocycles. The third-order valence-corrected chi connectivity index (χ3v) is 9.28. The lowest BCUT2D eigenvalue weighted by molar-refractivity contribution is -0.141. The molecule has 0 bridgehead atoms. The Hall–Kier alpha value is -3.98. The van der Waals surface area contributed by atoms with E-state index >= 15 is 0 Å². The summed E-state index contributed by atoms with van der Waals surface area (Å²) < 4.78 is 12.4. The second-order valence-electron chi connectivity index (χ2n) is 13.2. The SMILES string of the molecule is C[C@H](N)C(=O)N[C@H](C(=O)N1CCC[C@H]1C=C[C@@](C)(Cc1cccc(Cl)c1)C1=NC(Cc2ccccc2)CO1)[C@@H](C)OCc1ccccc1. The van der Waals surface area contributed by atoms with Crippen LogP contribution in [0.5, 0.6) is 0 Å². The molecule has 6 atom stereocenters. The van der Waals surface area contributed by atoms with Crippen LogP contribution in [0.1, 0.15) is 50.3 Å². The second kappa shape index (κ2) is 16.4. The Bertz CT molecular complexity index is 1580. The molecule has 3 aromatic rings. The Morgan fingerprint density at radius 2 is 1.75 bits per heavy atom. The first-order valence-electron chi connectivity index (χ1n) is 16.8. The van der Waals surface area contributed by atoms with E-state index in [0.29, 0.717) is 37.1 Å². The molecule has 0 spiro atoms. The van der Waals surface area contributed by atoms with E-state index in [1.54, 1.807) is 6.92 Å². The van der Waals surface area contributed by atoms with Gasteiger partial charge in [-0.2, -0.15) is 0 Å². The lowest BCUT2D eigenvalue weighted by Crippen LogP contribution is -2.57. The molecule has 1 saturated heterocycles. The number of nitrogens with two attached hydrogens (primary N) is 1. The van der Waals surface area contributed by atoms with Crippen LogP contribution >= 0.6 is 11.6 Å². The van der Waals surface area contributed by atoms with Gasteiger partial charge in [0.05, 0.1) is 36.3 Å². The zero-order valence-electron chi connectivity index (χ0n) is 28.1. The van der Waals surface area contributed by atoms with Crippen LogP contribution in [-0.4, -0.2) is 66.0 Å². The van der Waals surface area contributed by atoms with Crippen molar-refractivity contribution >= 4 is 29.3 Å². The number of nitrogens with one attached hydrogen (secondary N) is 1. The van der Waals surface area contributed by atoms with Crippen LogP contribution in [0.4, 0.5) is 0 Å². The van der Waals surface area contributed by atoms with E-state index in [4.69, 9.17) is 31.8 Å². The highest BCUT2D eigenvalue weighted by atomic mass is 35.5. The third-order valence-electron chi connectivity index (χ3n) is 9.05. The summed E-state index contributed by atoms with van der Waals surface area (Å²) in [6.45, 7) is 6.95. The van der Waals surface area contributed by atoms with Crippen LogP contribution in [0.15, 0.2) is 102 Å². The molecule has 3 aromatic carbocycles. The number of likely N-dealkylation sites (tertiary alicyclic amines) is 1. The monoisotopic (exact) mass is 670 g/mol. The maximum absolute atomic E-state index is 14.2. The summed E-state index contributed by atoms with van der Waals surface area (Å²) in [4.78, 5) is 33.9. The minimum absolute atomic E-state index is 0.0192. The van der Waals surface area contributed by atoms with Gasteiger partial charge in [-0.15, -0.1) is 0 Å². The topological polar surface area (TPSA) is 106 Å². The minimum Gasteiger partial charge on any atom is -0.478 e. The standard InChI is InChI=1S/C39H47ClN4O4/c1-27(41)36(45)43-35(28(2)47-25-30-14-8-5-9-15-30)37(46)44-21-11-18-34(44)19-20-39(3,24-31-16-10-17-32(40)22-31)38-42-33(26-48-38)23-29-12-6-4-7-13-29/h4-10,12-17,19-20,22,27-28,33-35H,11,18,21,23-26,41H2,1-3H3,(H,43,45)/t27-,28+,33?,34-,35-,39-/m0/s1. The van der Waals surface area contributed by atoms with Crippen LogP contribution in [0.3, 0.4) is 0 Å². The lowest BCUT2D eigenvalue weighted by atomic mass is 9.82. The Kier molecular flexibility index (Phi) is 12.1. The molecular weight excluding hydrogens is 624 g/mol. The van der Waals surface area contributed by atoms with Crippen molar-refractivity contribution in [2.45, 2.75) is 83.3 Å². The van der Waals surface area contributed by atoms with E-state index in [-0.39, 0.29) is 18.0 Å². The number of rotatable bonds is 14. The average molecular weight is 671 g/mol. The first-order valence-corrected chi connectivity index (χ1v) is 17.2. The summed E-state index contributed by atoms with van der Waals surface area (Å²) >= 11 is 6.38. The fraction of sp³-hybridized carbons (Fsp3) is 0.410. The molecule has 2 amide bonds. The number of hydrogen-bond donors (Lipinski definition) is 2. The van der Waals surface area contributed by atoms with E-state index in [1.165, 1.54) is 5.56 Å². The predicted octanol–water partition coefficient (Wildman–Crippen LogP) is 5.91. The zero-order chi connectivity index (χ0) is 34.1. The fourth-order valence-electron chi connectivity index (χ4n) is 6.33. The number of carbonyl (C=O) groups is 2. The molecule has 3 N–H and O–H groups in total. The molecule has 5 rings (SSSR count). The zero-order valence-corrected chi connectivity index (χ0v) is 28.8. The summed E-state index contributed by atoms with van der Waals surface area (Å²) in [5.41, 5.74) is 8.58. The molecule has 254 valence electrons. The maximum atomic E-state index is 14.2. The van der Waals surface area contributed by atoms with Crippen molar-refractivity contribution in [3.63, 3.8) is 0 Å². The molecule has 1 unspecified atom stereocenters. The maximum Gasteiger partial charge on any atom is 0.248 e. The molecule has 0 saturated carbocycles. The fourth-order valence-corrected chi connectivity index (χ4v) is 6.54. The molecule has 9 heteroatoms. The van der Waals surface area contributed by atoms with Crippen LogP contribution in [-0.2, 0) is 38.5 Å². The van der Waals surface area contributed by atoms with Crippen molar-refractivity contribution in [2.24, 2.45) is 16.1 Å². The van der Waals surface area contributed by atoms with Gasteiger partial charge in [0, 0.05) is 11.6 Å². The van der Waals surface area contributed by atoms with Crippen molar-refractivity contribution < 1.29 is 19.1 Å². The van der Waals surface area contributed by atoms with Gasteiger partial charge in [-0.1, -0.05) is 96.5 Å². The van der Waals surface area contributed by atoms with Crippen LogP contribution < -0.4 is 11.1 Å². The summed E-state index contributed by atoms with van der Waals surface area (Å²) in [5.74, 6) is 0.0940. The van der Waals surface area contributed by atoms with Crippen molar-refractivity contribution in [2.75, 3.05) is 13.2 Å². The second-order valence-corrected chi connectivity index (χ2v) is 13.6. The Labute approximate surface area is 289 Å². The summed E-state index contributed by atoms with van der Waals surface area (Å²) in [6.07, 6.45) is 6.72. The molecule has 2 heterocycles. The number of hydrogen-bond acceptors (Lipinski definition) is 6. The van der Waals surface area contributed by atoms with Crippen molar-refractivity contribution in [1.29, 1.82) is 0 Å². The van der Waals surface area contributed by atoms with Crippen molar-refractivity contribution in [3.05, 3.63) is 119 Å². The van der Waals surface area contributed by atoms with Crippen LogP contribution in [0, 0.1) is 5.41 Å². The van der Waals surface area contributed by atoms with E-state index in [2.05, 4.69) is 42.6 Å². The average Bonchev–Trinajstić information content (AvgIpc) is 3.76. The first kappa shape index (κ1) is 35.3. The molecule has 0 aromatic heterocycles. The van der Waals surface area contributed by atoms with E-state index in [1.807, 2.05) is 78.6 Å². The lowest BCUT2D eigenvalue weighted by Gasteiger charge is -2.32. The van der Waals surface area contributed by atoms with E-state index < -0.39 is 29.5 Å². The number of halogens is 1. The van der Waals surface area contributed by atoms with Gasteiger partial charge >= 0.3 is 0 Å². The number of aliphatic imine (C=N–C) groups is 1. The third kappa shape index (κ3) is 9.34. The molecular formula is C39H47ClN4O4. The van der Waals surface area contributed by atoms with Gasteiger partial charge in [0.25, 0.3) is 0 Å². The minimum atomic E-state index is -0.889. The summed E-state index contributed by atoms with van der Waals surface area (Å²) in [5, 5.41) is 3.55. The quantitative estimate of drug-likeness (QED) is 0.207. The number of carbonyl (C=O) groups excluding carboxylic acids is 2. The first-order chi connectivity index (χ1) is 23.1. The van der Waals surface area contributed by atoms with Gasteiger partial charge in [0.15, 0.2) is 5.90 Å². The molecule has 48 heavy (non-hydrogen) atoms. The summed E-state index contributed by atoms with van der Waals surface area (Å²) in [7, 11) is 0. The number of nitrogens with zero attached hydrogens (tertiary/aromatic N) is 2. The van der Waals surface area contributed by atoms with Crippen molar-refractivity contribution in [1.82, 2.24) is 10.2 Å². The number of amides is 2. The van der Waals surface area contributed by atoms with E-state index in [0.717, 1.165) is 30.4 Å². The van der Waals surface area contributed by atoms with Gasteiger partial charge in [0.1, 0.15) is 12.6 Å². The van der Waals surface area contributed by atoms with Crippen molar-refractivity contribution in [3.8, 4) is 0 Å². The van der Waals surface area contributed by atoms with E-state index in [9.17, 15) is 9.59 Å². The van der Waals surface area contributed by atoms with Gasteiger partial charge in [-0.25, -0.2) is 4.99 Å². The van der Waals surface area contributed by atoms with Gasteiger partial charge in [-0.05, 0) is 75.3 Å². The molecule has 8 nitrogen and oxygen atoms in total. The summed E-state index contributed by atoms with van der Waals surface area (Å²) in [6, 6.07) is 26.1.